The van der Waals surface area contributed by atoms with E-state index < -0.39 is 0 Å². The Morgan fingerprint density at radius 1 is 1.03 bits per heavy atom. The van der Waals surface area contributed by atoms with Crippen molar-refractivity contribution in [2.45, 2.75) is 44.1 Å². The highest BCUT2D eigenvalue weighted by molar-refractivity contribution is 7.21. The molecule has 1 atom stereocenters. The van der Waals surface area contributed by atoms with E-state index in [-0.39, 0.29) is 17.9 Å². The van der Waals surface area contributed by atoms with Crippen molar-refractivity contribution in [2.75, 3.05) is 33.2 Å². The molecule has 6 heteroatoms. The first-order chi connectivity index (χ1) is 14.1. The molecule has 1 aromatic carbocycles. The summed E-state index contributed by atoms with van der Waals surface area (Å²) in [5, 5.41) is 4.54. The highest BCUT2D eigenvalue weighted by atomic mass is 32.1. The van der Waals surface area contributed by atoms with E-state index in [1.807, 2.05) is 4.90 Å². The molecule has 5 nitrogen and oxygen atoms in total. The summed E-state index contributed by atoms with van der Waals surface area (Å²) in [4.78, 5) is 30.8. The fourth-order valence-corrected chi connectivity index (χ4v) is 6.09. The van der Waals surface area contributed by atoms with Gasteiger partial charge in [-0.1, -0.05) is 18.2 Å². The second-order valence-corrected chi connectivity index (χ2v) is 9.99. The Labute approximate surface area is 176 Å². The van der Waals surface area contributed by atoms with Gasteiger partial charge in [-0.2, -0.15) is 0 Å². The third kappa shape index (κ3) is 3.80. The number of hydrogen-bond acceptors (Lipinski definition) is 4. The Kier molecular flexibility index (Phi) is 5.08. The molecule has 1 aromatic heterocycles. The maximum absolute atomic E-state index is 13.3. The van der Waals surface area contributed by atoms with Crippen LogP contribution in [0.1, 0.15) is 53.3 Å². The zero-order valence-electron chi connectivity index (χ0n) is 17.0. The van der Waals surface area contributed by atoms with Crippen molar-refractivity contribution < 1.29 is 9.59 Å². The SMILES string of the molecule is CN1CC[C@H](c2c(C(=O)NC3CCN(C(=O)C4CC4)CC3)sc3ccccc23)C1. The first-order valence-corrected chi connectivity index (χ1v) is 11.7. The number of fused-ring (bicyclic) bond motifs is 1. The van der Waals surface area contributed by atoms with Gasteiger partial charge in [0.05, 0.1) is 4.88 Å². The number of nitrogens with zero attached hydrogens (tertiary/aromatic N) is 2. The Morgan fingerprint density at radius 2 is 1.79 bits per heavy atom. The minimum atomic E-state index is 0.0720. The third-order valence-corrected chi connectivity index (χ3v) is 7.89. The number of hydrogen-bond donors (Lipinski definition) is 1. The summed E-state index contributed by atoms with van der Waals surface area (Å²) in [5.74, 6) is 1.11. The van der Waals surface area contributed by atoms with Gasteiger partial charge in [-0.25, -0.2) is 0 Å². The minimum Gasteiger partial charge on any atom is -0.348 e. The van der Waals surface area contributed by atoms with Gasteiger partial charge in [-0.15, -0.1) is 11.3 Å². The molecule has 0 radical (unpaired) electrons. The molecule has 3 heterocycles. The van der Waals surface area contributed by atoms with Crippen molar-refractivity contribution in [1.29, 1.82) is 0 Å². The smallest absolute Gasteiger partial charge is 0.261 e. The average Bonchev–Trinajstić information content (AvgIpc) is 3.38. The van der Waals surface area contributed by atoms with E-state index in [9.17, 15) is 9.59 Å². The summed E-state index contributed by atoms with van der Waals surface area (Å²) in [6.45, 7) is 3.64. The lowest BCUT2D eigenvalue weighted by Crippen LogP contribution is -2.47. The van der Waals surface area contributed by atoms with E-state index in [1.54, 1.807) is 11.3 Å². The zero-order chi connectivity index (χ0) is 20.0. The molecule has 154 valence electrons. The maximum Gasteiger partial charge on any atom is 0.261 e. The third-order valence-electron chi connectivity index (χ3n) is 6.71. The maximum atomic E-state index is 13.3. The quantitative estimate of drug-likeness (QED) is 0.838. The van der Waals surface area contributed by atoms with E-state index in [4.69, 9.17) is 0 Å². The normalized spacial score (nSPS) is 23.6. The molecule has 3 aliphatic rings. The number of nitrogens with one attached hydrogen (secondary N) is 1. The molecule has 5 rings (SSSR count). The summed E-state index contributed by atoms with van der Waals surface area (Å²) in [5.41, 5.74) is 1.24. The zero-order valence-corrected chi connectivity index (χ0v) is 17.8. The molecule has 0 bridgehead atoms. The monoisotopic (exact) mass is 411 g/mol. The molecule has 1 N–H and O–H groups in total. The Balaban J connectivity index is 1.31. The number of amides is 2. The van der Waals surface area contributed by atoms with Crippen molar-refractivity contribution in [2.24, 2.45) is 5.92 Å². The van der Waals surface area contributed by atoms with Gasteiger partial charge in [0.1, 0.15) is 0 Å². The predicted octanol–water partition coefficient (Wildman–Crippen LogP) is 3.45. The van der Waals surface area contributed by atoms with Crippen LogP contribution in [0.4, 0.5) is 0 Å². The number of likely N-dealkylation sites (tertiary alicyclic amines) is 2. The van der Waals surface area contributed by atoms with Crippen LogP contribution in [0.3, 0.4) is 0 Å². The van der Waals surface area contributed by atoms with Crippen molar-refractivity contribution in [3.05, 3.63) is 34.7 Å². The molecular weight excluding hydrogens is 382 g/mol. The second kappa shape index (κ2) is 7.73. The highest BCUT2D eigenvalue weighted by Gasteiger charge is 2.35. The number of carbonyl (C=O) groups is 2. The number of piperidine rings is 1. The van der Waals surface area contributed by atoms with Gasteiger partial charge in [-0.05, 0) is 62.7 Å². The van der Waals surface area contributed by atoms with Crippen LogP contribution >= 0.6 is 11.3 Å². The molecule has 29 heavy (non-hydrogen) atoms. The molecule has 2 amide bonds. The number of carbonyl (C=O) groups excluding carboxylic acids is 2. The van der Waals surface area contributed by atoms with E-state index in [2.05, 4.69) is 41.5 Å². The molecular formula is C23H29N3O2S. The van der Waals surface area contributed by atoms with Gasteiger partial charge in [0.25, 0.3) is 5.91 Å². The van der Waals surface area contributed by atoms with E-state index in [0.717, 1.165) is 63.2 Å². The molecule has 0 unspecified atom stereocenters. The van der Waals surface area contributed by atoms with Gasteiger partial charge in [0.2, 0.25) is 5.91 Å². The van der Waals surface area contributed by atoms with Gasteiger partial charge < -0.3 is 15.1 Å². The van der Waals surface area contributed by atoms with Crippen LogP contribution in [-0.2, 0) is 4.79 Å². The van der Waals surface area contributed by atoms with E-state index in [0.29, 0.717) is 11.8 Å². The van der Waals surface area contributed by atoms with Crippen LogP contribution < -0.4 is 5.32 Å². The van der Waals surface area contributed by atoms with Gasteiger partial charge in [-0.3, -0.25) is 9.59 Å². The number of rotatable bonds is 4. The molecule has 1 aliphatic carbocycles. The lowest BCUT2D eigenvalue weighted by molar-refractivity contribution is -0.133. The summed E-state index contributed by atoms with van der Waals surface area (Å²) in [6, 6.07) is 8.58. The van der Waals surface area contributed by atoms with Gasteiger partial charge >= 0.3 is 0 Å². The largest absolute Gasteiger partial charge is 0.348 e. The predicted molar refractivity (Wildman–Crippen MR) is 116 cm³/mol. The highest BCUT2D eigenvalue weighted by Crippen LogP contribution is 2.40. The fourth-order valence-electron chi connectivity index (χ4n) is 4.89. The summed E-state index contributed by atoms with van der Waals surface area (Å²) >= 11 is 1.63. The lowest BCUT2D eigenvalue weighted by Gasteiger charge is -2.32. The molecule has 2 aromatic rings. The van der Waals surface area contributed by atoms with Crippen molar-refractivity contribution in [1.82, 2.24) is 15.1 Å². The Hall–Kier alpha value is -1.92. The van der Waals surface area contributed by atoms with Crippen LogP contribution in [-0.4, -0.2) is 60.9 Å². The van der Waals surface area contributed by atoms with Crippen LogP contribution in [0.25, 0.3) is 10.1 Å². The average molecular weight is 412 g/mol. The van der Waals surface area contributed by atoms with Gasteiger partial charge in [0.15, 0.2) is 0 Å². The standard InChI is InChI=1S/C23H29N3O2S/c1-25-11-8-16(14-25)20-18-4-2-3-5-19(18)29-21(20)22(27)24-17-9-12-26(13-10-17)23(28)15-6-7-15/h2-5,15-17H,6-14H2,1H3,(H,24,27)/t16-/m0/s1. The molecule has 2 aliphatic heterocycles. The topological polar surface area (TPSA) is 52.7 Å². The van der Waals surface area contributed by atoms with Crippen molar-refractivity contribution in [3.8, 4) is 0 Å². The molecule has 0 spiro atoms. The number of benzene rings is 1. The molecule has 3 fully saturated rings. The summed E-state index contributed by atoms with van der Waals surface area (Å²) in [6.07, 6.45) is 4.94. The Morgan fingerprint density at radius 3 is 2.48 bits per heavy atom. The number of likely N-dealkylation sites (N-methyl/N-ethyl adjacent to an activating group) is 1. The lowest BCUT2D eigenvalue weighted by atomic mass is 9.94. The van der Waals surface area contributed by atoms with E-state index >= 15 is 0 Å². The van der Waals surface area contributed by atoms with Crippen molar-refractivity contribution in [3.63, 3.8) is 0 Å². The van der Waals surface area contributed by atoms with Crippen LogP contribution in [0.2, 0.25) is 0 Å². The van der Waals surface area contributed by atoms with Gasteiger partial charge in [0, 0.05) is 42.2 Å². The summed E-state index contributed by atoms with van der Waals surface area (Å²) in [7, 11) is 2.16. The van der Waals surface area contributed by atoms with E-state index in [1.165, 1.54) is 15.6 Å². The van der Waals surface area contributed by atoms with Crippen LogP contribution in [0.15, 0.2) is 24.3 Å². The summed E-state index contributed by atoms with van der Waals surface area (Å²) < 4.78 is 1.20. The minimum absolute atomic E-state index is 0.0720. The fraction of sp³-hybridized carbons (Fsp3) is 0.565. The van der Waals surface area contributed by atoms with Crippen LogP contribution in [0, 0.1) is 5.92 Å². The number of thiophene rings is 1. The second-order valence-electron chi connectivity index (χ2n) is 8.94. The molecule has 1 saturated carbocycles. The first-order valence-electron chi connectivity index (χ1n) is 10.9. The van der Waals surface area contributed by atoms with Crippen LogP contribution in [0.5, 0.6) is 0 Å². The molecule has 2 saturated heterocycles. The van der Waals surface area contributed by atoms with Crippen molar-refractivity contribution >= 4 is 33.2 Å². The first kappa shape index (κ1) is 19.1. The Bertz CT molecular complexity index is 927.